The van der Waals surface area contributed by atoms with Crippen LogP contribution in [0.15, 0.2) is 34.5 Å². The van der Waals surface area contributed by atoms with Gasteiger partial charge in [-0.05, 0) is 18.6 Å². The maximum absolute atomic E-state index is 11.9. The lowest BCUT2D eigenvalue weighted by atomic mass is 10.2. The van der Waals surface area contributed by atoms with Crippen molar-refractivity contribution >= 4 is 40.9 Å². The third kappa shape index (κ3) is 6.20. The molecule has 0 bridgehead atoms. The van der Waals surface area contributed by atoms with E-state index in [1.165, 1.54) is 12.3 Å². The molecule has 0 radical (unpaired) electrons. The van der Waals surface area contributed by atoms with Crippen molar-refractivity contribution in [3.05, 3.63) is 29.8 Å². The van der Waals surface area contributed by atoms with Crippen LogP contribution in [0, 0.1) is 0 Å². The van der Waals surface area contributed by atoms with E-state index in [-0.39, 0.29) is 42.1 Å². The molecule has 0 aromatic heterocycles. The van der Waals surface area contributed by atoms with Gasteiger partial charge < -0.3 is 20.8 Å². The number of benzene rings is 1. The lowest BCUT2D eigenvalue weighted by Crippen LogP contribution is -2.31. The number of carbonyl (C=O) groups excluding carboxylic acids is 2. The van der Waals surface area contributed by atoms with E-state index in [0.29, 0.717) is 12.0 Å². The Labute approximate surface area is 153 Å². The Hall–Kier alpha value is -2.88. The van der Waals surface area contributed by atoms with Crippen LogP contribution in [0.4, 0.5) is 0 Å². The molecule has 1 atom stereocenters. The van der Waals surface area contributed by atoms with Crippen molar-refractivity contribution in [3.8, 4) is 5.75 Å². The summed E-state index contributed by atoms with van der Waals surface area (Å²) in [5.41, 5.74) is 0.489. The Bertz CT molecular complexity index is 750. The molecule has 1 aromatic rings. The topological polar surface area (TPSA) is 140 Å². The molecule has 0 saturated carbocycles. The van der Waals surface area contributed by atoms with Gasteiger partial charge in [-0.1, -0.05) is 23.9 Å². The van der Waals surface area contributed by atoms with E-state index in [2.05, 4.69) is 20.8 Å². The molecule has 0 aliphatic carbocycles. The van der Waals surface area contributed by atoms with Crippen LogP contribution in [0.2, 0.25) is 0 Å². The molecule has 2 amide bonds. The van der Waals surface area contributed by atoms with E-state index in [4.69, 9.17) is 5.11 Å². The second kappa shape index (κ2) is 9.56. The van der Waals surface area contributed by atoms with Gasteiger partial charge >= 0.3 is 5.97 Å². The highest BCUT2D eigenvalue weighted by Gasteiger charge is 2.32. The van der Waals surface area contributed by atoms with Crippen molar-refractivity contribution in [2.45, 2.75) is 24.5 Å². The second-order valence-corrected chi connectivity index (χ2v) is 6.55. The molecule has 1 aliphatic rings. The van der Waals surface area contributed by atoms with Gasteiger partial charge in [0.25, 0.3) is 0 Å². The van der Waals surface area contributed by atoms with Crippen LogP contribution in [-0.4, -0.2) is 51.2 Å². The number of carboxylic acid groups (broad SMARTS) is 1. The van der Waals surface area contributed by atoms with Gasteiger partial charge in [-0.3, -0.25) is 14.4 Å². The number of hydrogen-bond acceptors (Lipinski definition) is 7. The lowest BCUT2D eigenvalue weighted by Gasteiger charge is -2.06. The van der Waals surface area contributed by atoms with E-state index in [1.807, 2.05) is 0 Å². The number of rotatable bonds is 8. The van der Waals surface area contributed by atoms with Gasteiger partial charge in [-0.15, -0.1) is 5.10 Å². The number of nitrogens with zero attached hydrogens (tertiary/aromatic N) is 2. The molecule has 1 fully saturated rings. The Morgan fingerprint density at radius 1 is 1.35 bits per heavy atom. The first-order chi connectivity index (χ1) is 12.5. The van der Waals surface area contributed by atoms with Crippen LogP contribution in [0.5, 0.6) is 5.75 Å². The molecule has 26 heavy (non-hydrogen) atoms. The highest BCUT2D eigenvalue weighted by molar-refractivity contribution is 8.15. The van der Waals surface area contributed by atoms with Gasteiger partial charge in [-0.2, -0.15) is 5.10 Å². The smallest absolute Gasteiger partial charge is 0.303 e. The molecule has 4 N–H and O–H groups in total. The third-order valence-corrected chi connectivity index (χ3v) is 4.39. The summed E-state index contributed by atoms with van der Waals surface area (Å²) in [5, 5.41) is 30.6. The molecule has 10 heteroatoms. The number of phenolic OH excluding ortho intramolecular Hbond substituents is 1. The number of amidine groups is 1. The summed E-state index contributed by atoms with van der Waals surface area (Å²) in [6.45, 7) is 0.246. The highest BCUT2D eigenvalue weighted by Crippen LogP contribution is 2.22. The van der Waals surface area contributed by atoms with Gasteiger partial charge in [0.1, 0.15) is 11.0 Å². The number of carbonyl (C=O) groups is 3. The number of hydrogen-bond donors (Lipinski definition) is 4. The van der Waals surface area contributed by atoms with Crippen LogP contribution in [0.1, 0.15) is 24.8 Å². The van der Waals surface area contributed by atoms with Crippen LogP contribution >= 0.6 is 11.8 Å². The van der Waals surface area contributed by atoms with Gasteiger partial charge in [0, 0.05) is 24.9 Å². The molecule has 0 unspecified atom stereocenters. The zero-order valence-electron chi connectivity index (χ0n) is 13.7. The van der Waals surface area contributed by atoms with E-state index >= 15 is 0 Å². The van der Waals surface area contributed by atoms with Crippen molar-refractivity contribution in [2.24, 2.45) is 10.2 Å². The standard InChI is InChI=1S/C16H18N4O5S/c21-11-5-2-1-4-10(11)9-18-20-16-19-15(25)12(26-16)8-13(22)17-7-3-6-14(23)24/h1-2,4-5,9,12,21H,3,6-8H2,(H,17,22)(H,23,24)(H,19,20,25)/b18-9+/t12-/m0/s1. The summed E-state index contributed by atoms with van der Waals surface area (Å²) < 4.78 is 0. The molecular formula is C16H18N4O5S. The molecule has 1 heterocycles. The fourth-order valence-corrected chi connectivity index (χ4v) is 2.96. The Balaban J connectivity index is 1.81. The number of carboxylic acids is 1. The van der Waals surface area contributed by atoms with Gasteiger partial charge in [0.2, 0.25) is 11.8 Å². The first kappa shape index (κ1) is 19.4. The predicted octanol–water partition coefficient (Wildman–Crippen LogP) is 0.685. The minimum absolute atomic E-state index is 0.0231. The summed E-state index contributed by atoms with van der Waals surface area (Å²) in [4.78, 5) is 34.0. The summed E-state index contributed by atoms with van der Waals surface area (Å²) in [5.74, 6) is -1.53. The van der Waals surface area contributed by atoms with Crippen LogP contribution < -0.4 is 10.6 Å². The second-order valence-electron chi connectivity index (χ2n) is 5.36. The van der Waals surface area contributed by atoms with Gasteiger partial charge in [0.15, 0.2) is 5.17 Å². The zero-order chi connectivity index (χ0) is 18.9. The minimum Gasteiger partial charge on any atom is -0.507 e. The molecular weight excluding hydrogens is 360 g/mol. The maximum Gasteiger partial charge on any atom is 0.303 e. The fraction of sp³-hybridized carbons (Fsp3) is 0.312. The van der Waals surface area contributed by atoms with Crippen LogP contribution in [0.25, 0.3) is 0 Å². The SMILES string of the molecule is O=C(O)CCCNC(=O)C[C@@H]1S/C(=N\N=C\c2ccccc2O)NC1=O. The summed E-state index contributed by atoms with van der Waals surface area (Å²) in [6.07, 6.45) is 1.63. The molecule has 1 saturated heterocycles. The first-order valence-electron chi connectivity index (χ1n) is 7.80. The average Bonchev–Trinajstić information content (AvgIpc) is 2.93. The largest absolute Gasteiger partial charge is 0.507 e. The Morgan fingerprint density at radius 3 is 2.85 bits per heavy atom. The van der Waals surface area contributed by atoms with Crippen LogP contribution in [0.3, 0.4) is 0 Å². The average molecular weight is 378 g/mol. The summed E-state index contributed by atoms with van der Waals surface area (Å²) in [7, 11) is 0. The van der Waals surface area contributed by atoms with Crippen LogP contribution in [-0.2, 0) is 14.4 Å². The molecule has 2 rings (SSSR count). The predicted molar refractivity (Wildman–Crippen MR) is 97.2 cm³/mol. The number of amides is 2. The number of nitrogens with one attached hydrogen (secondary N) is 2. The summed E-state index contributed by atoms with van der Waals surface area (Å²) >= 11 is 1.09. The molecule has 9 nitrogen and oxygen atoms in total. The number of thioether (sulfide) groups is 1. The molecule has 1 aliphatic heterocycles. The van der Waals surface area contributed by atoms with E-state index < -0.39 is 11.2 Å². The van der Waals surface area contributed by atoms with Crippen molar-refractivity contribution in [3.63, 3.8) is 0 Å². The number of para-hydroxylation sites is 1. The lowest BCUT2D eigenvalue weighted by molar-refractivity contribution is -0.137. The van der Waals surface area contributed by atoms with Crippen molar-refractivity contribution in [1.82, 2.24) is 10.6 Å². The first-order valence-corrected chi connectivity index (χ1v) is 8.68. The van der Waals surface area contributed by atoms with E-state index in [0.717, 1.165) is 11.8 Å². The highest BCUT2D eigenvalue weighted by atomic mass is 32.2. The third-order valence-electron chi connectivity index (χ3n) is 3.32. The minimum atomic E-state index is -0.921. The Morgan fingerprint density at radius 2 is 2.12 bits per heavy atom. The van der Waals surface area contributed by atoms with Crippen molar-refractivity contribution in [1.29, 1.82) is 0 Å². The molecule has 138 valence electrons. The van der Waals surface area contributed by atoms with Crippen molar-refractivity contribution < 1.29 is 24.6 Å². The fourth-order valence-electron chi connectivity index (χ4n) is 2.03. The van der Waals surface area contributed by atoms with E-state index in [9.17, 15) is 19.5 Å². The number of aromatic hydroxyl groups is 1. The van der Waals surface area contributed by atoms with Gasteiger partial charge in [-0.25, -0.2) is 0 Å². The molecule has 1 aromatic carbocycles. The van der Waals surface area contributed by atoms with Crippen molar-refractivity contribution in [2.75, 3.05) is 6.54 Å². The monoisotopic (exact) mass is 378 g/mol. The van der Waals surface area contributed by atoms with E-state index in [1.54, 1.807) is 18.2 Å². The quantitative estimate of drug-likeness (QED) is 0.298. The number of aliphatic carboxylic acids is 1. The maximum atomic E-state index is 11.9. The van der Waals surface area contributed by atoms with Gasteiger partial charge in [0.05, 0.1) is 6.21 Å². The molecule has 0 spiro atoms. The normalized spacial score (nSPS) is 18.2. The zero-order valence-corrected chi connectivity index (χ0v) is 14.5. The number of phenols is 1. The Kier molecular flexibility index (Phi) is 7.15. The summed E-state index contributed by atoms with van der Waals surface area (Å²) in [6, 6.07) is 6.61.